The number of benzene rings is 1. The lowest BCUT2D eigenvalue weighted by molar-refractivity contribution is -0.148. The average molecular weight is 395 g/mol. The third-order valence-corrected chi connectivity index (χ3v) is 5.65. The summed E-state index contributed by atoms with van der Waals surface area (Å²) in [5.74, 6) is 1.33. The molecule has 150 valence electrons. The van der Waals surface area contributed by atoms with E-state index in [1.165, 1.54) is 0 Å². The number of hydrogen-bond acceptors (Lipinski definition) is 5. The van der Waals surface area contributed by atoms with Crippen molar-refractivity contribution in [3.63, 3.8) is 0 Å². The van der Waals surface area contributed by atoms with E-state index in [1.54, 1.807) is 35.9 Å². The van der Waals surface area contributed by atoms with Gasteiger partial charge in [-0.05, 0) is 30.9 Å². The highest BCUT2D eigenvalue weighted by atomic mass is 32.2. The highest BCUT2D eigenvalue weighted by molar-refractivity contribution is 8.00. The van der Waals surface area contributed by atoms with Gasteiger partial charge < -0.3 is 14.8 Å². The van der Waals surface area contributed by atoms with Gasteiger partial charge in [0.05, 0.1) is 19.1 Å². The maximum absolute atomic E-state index is 13.0. The Morgan fingerprint density at radius 3 is 2.81 bits per heavy atom. The van der Waals surface area contributed by atoms with Crippen LogP contribution in [0.3, 0.4) is 0 Å². The first-order valence-corrected chi connectivity index (χ1v) is 10.5. The number of esters is 1. The molecule has 7 heteroatoms. The number of carbonyl (C=O) groups excluding carboxylic acids is 2. The smallest absolute Gasteiger partial charge is 0.329 e. The second kappa shape index (κ2) is 10.4. The number of nitrogens with zero attached hydrogens (tertiary/aromatic N) is 1. The molecule has 6 nitrogen and oxygen atoms in total. The first-order chi connectivity index (χ1) is 13.0. The molecule has 2 atom stereocenters. The van der Waals surface area contributed by atoms with Crippen molar-refractivity contribution in [1.29, 1.82) is 0 Å². The molecule has 0 saturated carbocycles. The van der Waals surface area contributed by atoms with Gasteiger partial charge in [0, 0.05) is 17.5 Å². The number of urea groups is 1. The van der Waals surface area contributed by atoms with Crippen LogP contribution in [0.5, 0.6) is 5.75 Å². The molecule has 0 spiro atoms. The second-order valence-electron chi connectivity index (χ2n) is 7.02. The van der Waals surface area contributed by atoms with E-state index in [2.05, 4.69) is 19.2 Å². The average Bonchev–Trinajstić information content (AvgIpc) is 3.05. The lowest BCUT2D eigenvalue weighted by Gasteiger charge is -2.29. The molecule has 0 aliphatic carbocycles. The van der Waals surface area contributed by atoms with Crippen molar-refractivity contribution in [3.05, 3.63) is 24.3 Å². The molecule has 1 aliphatic heterocycles. The molecule has 0 bridgehead atoms. The summed E-state index contributed by atoms with van der Waals surface area (Å²) in [4.78, 5) is 27.2. The molecule has 1 aromatic rings. The van der Waals surface area contributed by atoms with Crippen LogP contribution >= 0.6 is 11.8 Å². The molecule has 1 fully saturated rings. The molecule has 1 aromatic carbocycles. The molecule has 2 amide bonds. The molecule has 2 rings (SSSR count). The first kappa shape index (κ1) is 21.4. The maximum atomic E-state index is 13.0. The summed E-state index contributed by atoms with van der Waals surface area (Å²) in [6.07, 6.45) is 2.62. The Hall–Kier alpha value is -1.89. The lowest BCUT2D eigenvalue weighted by atomic mass is 10.1. The van der Waals surface area contributed by atoms with Gasteiger partial charge in [0.25, 0.3) is 0 Å². The molecule has 0 radical (unpaired) electrons. The molecule has 1 saturated heterocycles. The Morgan fingerprint density at radius 2 is 2.15 bits per heavy atom. The molecular weight excluding hydrogens is 364 g/mol. The Kier molecular flexibility index (Phi) is 8.28. The van der Waals surface area contributed by atoms with Crippen LogP contribution in [0, 0.1) is 5.92 Å². The van der Waals surface area contributed by atoms with Crippen molar-refractivity contribution in [2.75, 3.05) is 24.8 Å². The fourth-order valence-electron chi connectivity index (χ4n) is 2.90. The van der Waals surface area contributed by atoms with Gasteiger partial charge in [-0.15, -0.1) is 11.8 Å². The van der Waals surface area contributed by atoms with Gasteiger partial charge in [0.2, 0.25) is 0 Å². The van der Waals surface area contributed by atoms with E-state index in [0.717, 1.165) is 19.3 Å². The van der Waals surface area contributed by atoms with Crippen LogP contribution in [-0.4, -0.2) is 47.8 Å². The number of unbranched alkanes of at least 4 members (excludes halogenated alkanes) is 1. The fraction of sp³-hybridized carbons (Fsp3) is 0.600. The Labute approximate surface area is 166 Å². The maximum Gasteiger partial charge on any atom is 0.329 e. The third kappa shape index (κ3) is 6.06. The third-order valence-electron chi connectivity index (χ3n) is 4.34. The minimum Gasteiger partial charge on any atom is -0.497 e. The highest BCUT2D eigenvalue weighted by Crippen LogP contribution is 2.34. The highest BCUT2D eigenvalue weighted by Gasteiger charge is 2.42. The van der Waals surface area contributed by atoms with Gasteiger partial charge in [-0.3, -0.25) is 4.90 Å². The first-order valence-electron chi connectivity index (χ1n) is 9.47. The zero-order chi connectivity index (χ0) is 19.8. The number of amides is 2. The molecule has 0 aromatic heterocycles. The van der Waals surface area contributed by atoms with Crippen LogP contribution in [0.2, 0.25) is 0 Å². The number of rotatable bonds is 8. The van der Waals surface area contributed by atoms with Gasteiger partial charge in [0.15, 0.2) is 0 Å². The summed E-state index contributed by atoms with van der Waals surface area (Å²) < 4.78 is 10.6. The number of anilines is 1. The van der Waals surface area contributed by atoms with E-state index in [9.17, 15) is 9.59 Å². The summed E-state index contributed by atoms with van der Waals surface area (Å²) in [7, 11) is 1.58. The zero-order valence-electron chi connectivity index (χ0n) is 16.6. The summed E-state index contributed by atoms with van der Waals surface area (Å²) in [5, 5.41) is 2.86. The van der Waals surface area contributed by atoms with Gasteiger partial charge in [0.1, 0.15) is 11.8 Å². The van der Waals surface area contributed by atoms with E-state index >= 15 is 0 Å². The van der Waals surface area contributed by atoms with Crippen molar-refractivity contribution in [2.45, 2.75) is 51.4 Å². The zero-order valence-corrected chi connectivity index (χ0v) is 17.4. The Balaban J connectivity index is 2.13. The topological polar surface area (TPSA) is 67.9 Å². The van der Waals surface area contributed by atoms with Crippen LogP contribution < -0.4 is 10.1 Å². The minimum absolute atomic E-state index is 0.0423. The van der Waals surface area contributed by atoms with Gasteiger partial charge in [-0.1, -0.05) is 33.3 Å². The molecule has 1 heterocycles. The standard InChI is InChI=1S/C20H30N2O4S/c1-5-6-10-26-19(23)17-13-27-18(11-14(2)3)22(17)20(24)21-15-8-7-9-16(12-15)25-4/h7-9,12,14,17-18H,5-6,10-11,13H2,1-4H3,(H,21,24)/t17-,18-/m0/s1. The number of ether oxygens (including phenoxy) is 2. The van der Waals surface area contributed by atoms with E-state index < -0.39 is 6.04 Å². The van der Waals surface area contributed by atoms with Crippen molar-refractivity contribution < 1.29 is 19.1 Å². The normalized spacial score (nSPS) is 19.2. The molecule has 27 heavy (non-hydrogen) atoms. The predicted octanol–water partition coefficient (Wildman–Crippen LogP) is 4.36. The predicted molar refractivity (Wildman–Crippen MR) is 109 cm³/mol. The van der Waals surface area contributed by atoms with Crippen LogP contribution in [-0.2, 0) is 9.53 Å². The molecule has 1 aliphatic rings. The van der Waals surface area contributed by atoms with E-state index in [0.29, 0.717) is 29.7 Å². The van der Waals surface area contributed by atoms with Crippen LogP contribution in [0.4, 0.5) is 10.5 Å². The van der Waals surface area contributed by atoms with E-state index in [-0.39, 0.29) is 17.4 Å². The fourth-order valence-corrected chi connectivity index (χ4v) is 4.53. The summed E-state index contributed by atoms with van der Waals surface area (Å²) >= 11 is 1.64. The van der Waals surface area contributed by atoms with Crippen LogP contribution in [0.15, 0.2) is 24.3 Å². The Morgan fingerprint density at radius 1 is 1.37 bits per heavy atom. The van der Waals surface area contributed by atoms with Crippen molar-refractivity contribution in [3.8, 4) is 5.75 Å². The van der Waals surface area contributed by atoms with E-state index in [1.807, 2.05) is 19.1 Å². The number of methoxy groups -OCH3 is 1. The van der Waals surface area contributed by atoms with E-state index in [4.69, 9.17) is 9.47 Å². The molecule has 0 unspecified atom stereocenters. The number of hydrogen-bond donors (Lipinski definition) is 1. The SMILES string of the molecule is CCCCOC(=O)[C@@H]1CS[C@@H](CC(C)C)N1C(=O)Nc1cccc(OC)c1. The van der Waals surface area contributed by atoms with Crippen LogP contribution in [0.1, 0.15) is 40.0 Å². The quantitative estimate of drug-likeness (QED) is 0.524. The number of carbonyl (C=O) groups is 2. The largest absolute Gasteiger partial charge is 0.497 e. The number of thioether (sulfide) groups is 1. The Bertz CT molecular complexity index is 638. The lowest BCUT2D eigenvalue weighted by Crippen LogP contribution is -2.48. The number of nitrogens with one attached hydrogen (secondary N) is 1. The summed E-state index contributed by atoms with van der Waals surface area (Å²) in [6.45, 7) is 6.68. The summed E-state index contributed by atoms with van der Waals surface area (Å²) in [6, 6.07) is 6.35. The van der Waals surface area contributed by atoms with Crippen LogP contribution in [0.25, 0.3) is 0 Å². The van der Waals surface area contributed by atoms with Crippen molar-refractivity contribution in [1.82, 2.24) is 4.90 Å². The van der Waals surface area contributed by atoms with Gasteiger partial charge in [-0.25, -0.2) is 9.59 Å². The monoisotopic (exact) mass is 394 g/mol. The molecule has 1 N–H and O–H groups in total. The second-order valence-corrected chi connectivity index (χ2v) is 8.23. The summed E-state index contributed by atoms with van der Waals surface area (Å²) in [5.41, 5.74) is 0.637. The van der Waals surface area contributed by atoms with Crippen molar-refractivity contribution in [2.24, 2.45) is 5.92 Å². The minimum atomic E-state index is -0.554. The van der Waals surface area contributed by atoms with Gasteiger partial charge >= 0.3 is 12.0 Å². The molecular formula is C20H30N2O4S. The van der Waals surface area contributed by atoms with Crippen molar-refractivity contribution >= 4 is 29.4 Å². The van der Waals surface area contributed by atoms with Gasteiger partial charge in [-0.2, -0.15) is 0 Å².